The van der Waals surface area contributed by atoms with Crippen molar-refractivity contribution in [3.8, 4) is 5.75 Å². The number of nitrogens with zero attached hydrogens (tertiary/aromatic N) is 4. The number of furan rings is 1. The number of rotatable bonds is 6. The van der Waals surface area contributed by atoms with Crippen LogP contribution >= 0.6 is 39.3 Å². The van der Waals surface area contributed by atoms with Crippen LogP contribution in [0.3, 0.4) is 0 Å². The van der Waals surface area contributed by atoms with Crippen molar-refractivity contribution in [2.45, 2.75) is 11.8 Å². The lowest BCUT2D eigenvalue weighted by Gasteiger charge is -2.06. The Morgan fingerprint density at radius 2 is 2.29 bits per heavy atom. The topological polar surface area (TPSA) is 65.4 Å². The van der Waals surface area contributed by atoms with Gasteiger partial charge in [0.15, 0.2) is 0 Å². The molecule has 0 saturated heterocycles. The van der Waals surface area contributed by atoms with Crippen LogP contribution in [0.4, 0.5) is 0 Å². The fourth-order valence-corrected chi connectivity index (χ4v) is 2.97. The van der Waals surface area contributed by atoms with E-state index in [1.807, 2.05) is 24.5 Å². The lowest BCUT2D eigenvalue weighted by molar-refractivity contribution is 0.270. The van der Waals surface area contributed by atoms with E-state index in [0.29, 0.717) is 27.4 Å². The van der Waals surface area contributed by atoms with Crippen molar-refractivity contribution in [2.75, 3.05) is 6.26 Å². The highest BCUT2D eigenvalue weighted by molar-refractivity contribution is 9.10. The van der Waals surface area contributed by atoms with Gasteiger partial charge in [-0.05, 0) is 36.6 Å². The van der Waals surface area contributed by atoms with Crippen molar-refractivity contribution in [3.05, 3.63) is 57.7 Å². The van der Waals surface area contributed by atoms with Crippen LogP contribution in [0.5, 0.6) is 5.75 Å². The first kappa shape index (κ1) is 17.1. The van der Waals surface area contributed by atoms with Crippen LogP contribution in [0.1, 0.15) is 11.5 Å². The van der Waals surface area contributed by atoms with E-state index < -0.39 is 0 Å². The van der Waals surface area contributed by atoms with Crippen LogP contribution in [-0.4, -0.2) is 27.3 Å². The van der Waals surface area contributed by atoms with Crippen molar-refractivity contribution in [1.82, 2.24) is 14.9 Å². The molecule has 0 aliphatic carbocycles. The van der Waals surface area contributed by atoms with E-state index in [4.69, 9.17) is 20.8 Å². The Hall–Kier alpha value is -1.77. The average molecular weight is 428 g/mol. The lowest BCUT2D eigenvalue weighted by atomic mass is 10.3. The van der Waals surface area contributed by atoms with Gasteiger partial charge in [0.05, 0.1) is 11.2 Å². The molecule has 0 fully saturated rings. The SMILES string of the molecule is CSc1nncn1N=Cc1ccc(COc2ccc(Br)cc2Cl)o1. The standard InChI is InChI=1S/C15H12BrClN4O2S/c1-24-15-20-18-9-21(15)19-7-11-3-4-12(23-11)8-22-14-5-2-10(16)6-13(14)17/h2-7,9H,8H2,1H3. The smallest absolute Gasteiger partial charge is 0.211 e. The molecule has 2 aromatic heterocycles. The molecule has 124 valence electrons. The molecular weight excluding hydrogens is 416 g/mol. The third kappa shape index (κ3) is 4.19. The van der Waals surface area contributed by atoms with Gasteiger partial charge in [0.1, 0.15) is 30.2 Å². The van der Waals surface area contributed by atoms with Crippen LogP contribution in [0, 0.1) is 0 Å². The number of aromatic nitrogens is 3. The van der Waals surface area contributed by atoms with E-state index in [-0.39, 0.29) is 6.61 Å². The highest BCUT2D eigenvalue weighted by atomic mass is 79.9. The first-order chi connectivity index (χ1) is 11.7. The molecule has 0 bridgehead atoms. The van der Waals surface area contributed by atoms with Crippen molar-refractivity contribution in [1.29, 1.82) is 0 Å². The Balaban J connectivity index is 1.63. The highest BCUT2D eigenvalue weighted by Crippen LogP contribution is 2.28. The second-order valence-electron chi connectivity index (χ2n) is 4.57. The predicted molar refractivity (Wildman–Crippen MR) is 97.0 cm³/mol. The monoisotopic (exact) mass is 426 g/mol. The van der Waals surface area contributed by atoms with E-state index in [9.17, 15) is 0 Å². The third-order valence-corrected chi connectivity index (χ3v) is 4.36. The molecule has 0 unspecified atom stereocenters. The largest absolute Gasteiger partial charge is 0.484 e. The van der Waals surface area contributed by atoms with Crippen molar-refractivity contribution in [2.24, 2.45) is 5.10 Å². The van der Waals surface area contributed by atoms with Crippen LogP contribution in [-0.2, 0) is 6.61 Å². The Morgan fingerprint density at radius 1 is 1.42 bits per heavy atom. The molecule has 0 spiro atoms. The maximum absolute atomic E-state index is 6.11. The fourth-order valence-electron chi connectivity index (χ4n) is 1.83. The van der Waals surface area contributed by atoms with Crippen molar-refractivity contribution < 1.29 is 9.15 Å². The second-order valence-corrected chi connectivity index (χ2v) is 6.67. The number of halogens is 2. The third-order valence-electron chi connectivity index (χ3n) is 2.94. The summed E-state index contributed by atoms with van der Waals surface area (Å²) in [5.74, 6) is 1.88. The zero-order chi connectivity index (χ0) is 16.9. The number of thioether (sulfide) groups is 1. The summed E-state index contributed by atoms with van der Waals surface area (Å²) >= 11 is 10.9. The van der Waals surface area contributed by atoms with Crippen LogP contribution < -0.4 is 4.74 Å². The Kier molecular flexibility index (Phi) is 5.60. The molecule has 1 aromatic carbocycles. The molecule has 0 radical (unpaired) electrons. The molecule has 9 heteroatoms. The van der Waals surface area contributed by atoms with Gasteiger partial charge < -0.3 is 9.15 Å². The normalized spacial score (nSPS) is 11.3. The molecule has 0 atom stereocenters. The first-order valence-corrected chi connectivity index (χ1v) is 9.20. The average Bonchev–Trinajstić information content (AvgIpc) is 3.20. The molecule has 0 amide bonds. The van der Waals surface area contributed by atoms with Gasteiger partial charge in [0.2, 0.25) is 5.16 Å². The summed E-state index contributed by atoms with van der Waals surface area (Å²) < 4.78 is 13.8. The van der Waals surface area contributed by atoms with Gasteiger partial charge in [-0.15, -0.1) is 10.2 Å². The van der Waals surface area contributed by atoms with Crippen LogP contribution in [0.2, 0.25) is 5.02 Å². The van der Waals surface area contributed by atoms with E-state index in [2.05, 4.69) is 31.2 Å². The van der Waals surface area contributed by atoms with Crippen LogP contribution in [0.15, 0.2) is 55.8 Å². The minimum atomic E-state index is 0.276. The summed E-state index contributed by atoms with van der Waals surface area (Å²) in [5, 5.41) is 13.2. The number of hydrogen-bond donors (Lipinski definition) is 0. The fraction of sp³-hybridized carbons (Fsp3) is 0.133. The Bertz CT molecular complexity index is 865. The maximum Gasteiger partial charge on any atom is 0.211 e. The predicted octanol–water partition coefficient (Wildman–Crippen LogP) is 4.47. The molecule has 0 aliphatic rings. The van der Waals surface area contributed by atoms with Gasteiger partial charge in [-0.3, -0.25) is 0 Å². The van der Waals surface area contributed by atoms with Gasteiger partial charge in [-0.25, -0.2) is 0 Å². The van der Waals surface area contributed by atoms with Gasteiger partial charge in [-0.1, -0.05) is 39.3 Å². The molecule has 3 rings (SSSR count). The second kappa shape index (κ2) is 7.87. The van der Waals surface area contributed by atoms with E-state index in [0.717, 1.165) is 4.47 Å². The zero-order valence-corrected chi connectivity index (χ0v) is 15.7. The molecule has 0 saturated carbocycles. The number of hydrogen-bond acceptors (Lipinski definition) is 6. The lowest BCUT2D eigenvalue weighted by Crippen LogP contribution is -1.94. The first-order valence-electron chi connectivity index (χ1n) is 6.80. The van der Waals surface area contributed by atoms with E-state index >= 15 is 0 Å². The highest BCUT2D eigenvalue weighted by Gasteiger charge is 2.06. The van der Waals surface area contributed by atoms with Gasteiger partial charge in [0.25, 0.3) is 0 Å². The molecule has 6 nitrogen and oxygen atoms in total. The molecule has 24 heavy (non-hydrogen) atoms. The Labute approximate surface area is 156 Å². The molecule has 2 heterocycles. The summed E-state index contributed by atoms with van der Waals surface area (Å²) in [7, 11) is 0. The van der Waals surface area contributed by atoms with Crippen molar-refractivity contribution in [3.63, 3.8) is 0 Å². The maximum atomic E-state index is 6.11. The molecular formula is C15H12BrClN4O2S. The quantitative estimate of drug-likeness (QED) is 0.429. The molecule has 0 aliphatic heterocycles. The minimum Gasteiger partial charge on any atom is -0.484 e. The van der Waals surface area contributed by atoms with E-state index in [1.165, 1.54) is 18.1 Å². The number of benzene rings is 1. The number of ether oxygens (including phenoxy) is 1. The summed E-state index contributed by atoms with van der Waals surface area (Å²) in [6, 6.07) is 9.08. The van der Waals surface area contributed by atoms with Crippen molar-refractivity contribution >= 4 is 45.5 Å². The van der Waals surface area contributed by atoms with E-state index in [1.54, 1.807) is 23.0 Å². The summed E-state index contributed by atoms with van der Waals surface area (Å²) in [5.41, 5.74) is 0. The molecule has 0 N–H and O–H groups in total. The van der Waals surface area contributed by atoms with Gasteiger partial charge in [-0.2, -0.15) is 9.78 Å². The summed E-state index contributed by atoms with van der Waals surface area (Å²) in [6.07, 6.45) is 5.04. The molecule has 3 aromatic rings. The van der Waals surface area contributed by atoms with Gasteiger partial charge >= 0.3 is 0 Å². The zero-order valence-electron chi connectivity index (χ0n) is 12.5. The van der Waals surface area contributed by atoms with Crippen LogP contribution in [0.25, 0.3) is 0 Å². The summed E-state index contributed by atoms with van der Waals surface area (Å²) in [4.78, 5) is 0. The van der Waals surface area contributed by atoms with Gasteiger partial charge in [0, 0.05) is 4.47 Å². The minimum absolute atomic E-state index is 0.276. The summed E-state index contributed by atoms with van der Waals surface area (Å²) in [6.45, 7) is 0.276. The Morgan fingerprint density at radius 3 is 3.08 bits per heavy atom.